The van der Waals surface area contributed by atoms with Crippen molar-refractivity contribution >= 4 is 23.5 Å². The molecule has 1 aromatic heterocycles. The van der Waals surface area contributed by atoms with Crippen LogP contribution in [0.4, 0.5) is 5.82 Å². The van der Waals surface area contributed by atoms with Crippen molar-refractivity contribution in [1.82, 2.24) is 4.98 Å². The Bertz CT molecular complexity index is 610. The molecule has 0 aliphatic heterocycles. The zero-order chi connectivity index (χ0) is 17.0. The van der Waals surface area contributed by atoms with Crippen LogP contribution in [0.3, 0.4) is 0 Å². The summed E-state index contributed by atoms with van der Waals surface area (Å²) in [6, 6.07) is 3.17. The van der Waals surface area contributed by atoms with Gasteiger partial charge in [0.1, 0.15) is 17.7 Å². The predicted molar refractivity (Wildman–Crippen MR) is 81.9 cm³/mol. The predicted octanol–water partition coefficient (Wildman–Crippen LogP) is 1.72. The van der Waals surface area contributed by atoms with Crippen LogP contribution >= 0.6 is 0 Å². The highest BCUT2D eigenvalue weighted by molar-refractivity contribution is 6.14. The average Bonchev–Trinajstić information content (AvgIpc) is 3.21. The lowest BCUT2D eigenvalue weighted by Crippen LogP contribution is -2.35. The molecule has 124 valence electrons. The fourth-order valence-corrected chi connectivity index (χ4v) is 1.87. The second-order valence-electron chi connectivity index (χ2n) is 5.78. The number of Topliss-reactive ketones (excluding diaryl/α,β-unsaturated/α-hetero) is 1. The molecule has 7 nitrogen and oxygen atoms in total. The van der Waals surface area contributed by atoms with Crippen molar-refractivity contribution in [2.24, 2.45) is 5.92 Å². The highest BCUT2D eigenvalue weighted by atomic mass is 16.6. The van der Waals surface area contributed by atoms with E-state index in [4.69, 9.17) is 9.47 Å². The molecule has 23 heavy (non-hydrogen) atoms. The smallest absolute Gasteiger partial charge is 0.333 e. The van der Waals surface area contributed by atoms with E-state index in [9.17, 15) is 14.4 Å². The van der Waals surface area contributed by atoms with Gasteiger partial charge in [0.25, 0.3) is 0 Å². The molecule has 1 heterocycles. The number of ether oxygens (including phenoxy) is 2. The fourth-order valence-electron chi connectivity index (χ4n) is 1.87. The summed E-state index contributed by atoms with van der Waals surface area (Å²) < 4.78 is 10.2. The molecule has 1 unspecified atom stereocenters. The molecule has 0 radical (unpaired) electrons. The summed E-state index contributed by atoms with van der Waals surface area (Å²) in [5, 5.41) is 3.07. The van der Waals surface area contributed by atoms with Crippen molar-refractivity contribution in [3.8, 4) is 5.75 Å². The number of hydrogen-bond donors (Lipinski definition) is 1. The van der Waals surface area contributed by atoms with E-state index in [0.29, 0.717) is 5.82 Å². The molecule has 0 aromatic carbocycles. The van der Waals surface area contributed by atoms with Crippen LogP contribution in [0.1, 0.15) is 33.6 Å². The Morgan fingerprint density at radius 3 is 2.52 bits per heavy atom. The van der Waals surface area contributed by atoms with E-state index < -0.39 is 23.6 Å². The van der Waals surface area contributed by atoms with Crippen LogP contribution in [0, 0.1) is 5.92 Å². The first-order valence-electron chi connectivity index (χ1n) is 7.52. The number of hydrogen-bond acceptors (Lipinski definition) is 7. The van der Waals surface area contributed by atoms with Crippen LogP contribution in [-0.4, -0.2) is 34.9 Å². The number of ketones is 1. The lowest BCUT2D eigenvalue weighted by Gasteiger charge is -2.13. The molecule has 0 amide bonds. The van der Waals surface area contributed by atoms with E-state index in [1.807, 2.05) is 13.8 Å². The molecule has 0 bridgehead atoms. The molecule has 1 aromatic rings. The monoisotopic (exact) mass is 320 g/mol. The zero-order valence-corrected chi connectivity index (χ0v) is 13.4. The highest BCUT2D eigenvalue weighted by Gasteiger charge is 2.38. The van der Waals surface area contributed by atoms with Crippen LogP contribution in [-0.2, 0) is 19.1 Å². The fraction of sp³-hybridized carbons (Fsp3) is 0.500. The minimum Gasteiger partial charge on any atom is -0.461 e. The number of carbonyl (C=O) groups is 3. The number of nitrogens with zero attached hydrogens (tertiary/aromatic N) is 1. The van der Waals surface area contributed by atoms with Crippen molar-refractivity contribution < 1.29 is 23.9 Å². The van der Waals surface area contributed by atoms with Gasteiger partial charge in [-0.3, -0.25) is 14.4 Å². The maximum atomic E-state index is 12.1. The van der Waals surface area contributed by atoms with Crippen LogP contribution < -0.4 is 10.1 Å². The van der Waals surface area contributed by atoms with Gasteiger partial charge >= 0.3 is 11.9 Å². The standard InChI is InChI=1S/C16H20N2O5/c1-9(2)18-13-8-12(6-7-17-13)23-16(21)14(10(3)19)15(20)22-11-4-5-11/h6-9,11,14H,4-5H2,1-3H3,(H,17,18). The minimum atomic E-state index is -1.55. The summed E-state index contributed by atoms with van der Waals surface area (Å²) in [4.78, 5) is 39.8. The van der Waals surface area contributed by atoms with Gasteiger partial charge in [0, 0.05) is 18.3 Å². The third-order valence-corrected chi connectivity index (χ3v) is 3.07. The largest absolute Gasteiger partial charge is 0.461 e. The number of anilines is 1. The molecule has 0 spiro atoms. The Balaban J connectivity index is 2.05. The van der Waals surface area contributed by atoms with Crippen molar-refractivity contribution in [3.05, 3.63) is 18.3 Å². The van der Waals surface area contributed by atoms with Crippen molar-refractivity contribution in [2.75, 3.05) is 5.32 Å². The summed E-state index contributed by atoms with van der Waals surface area (Å²) in [7, 11) is 0. The van der Waals surface area contributed by atoms with Crippen molar-refractivity contribution in [3.63, 3.8) is 0 Å². The van der Waals surface area contributed by atoms with E-state index in [1.54, 1.807) is 0 Å². The third-order valence-electron chi connectivity index (χ3n) is 3.07. The zero-order valence-electron chi connectivity index (χ0n) is 13.4. The molecular weight excluding hydrogens is 300 g/mol. The maximum absolute atomic E-state index is 12.1. The summed E-state index contributed by atoms with van der Waals surface area (Å²) in [5.41, 5.74) is 0. The molecule has 1 fully saturated rings. The van der Waals surface area contributed by atoms with Crippen LogP contribution in [0.15, 0.2) is 18.3 Å². The topological polar surface area (TPSA) is 94.6 Å². The molecule has 1 N–H and O–H groups in total. The Hall–Kier alpha value is -2.44. The van der Waals surface area contributed by atoms with Gasteiger partial charge in [0.2, 0.25) is 5.92 Å². The van der Waals surface area contributed by atoms with Gasteiger partial charge in [-0.15, -0.1) is 0 Å². The van der Waals surface area contributed by atoms with Gasteiger partial charge in [-0.2, -0.15) is 0 Å². The number of pyridine rings is 1. The normalized spacial score (nSPS) is 15.0. The van der Waals surface area contributed by atoms with E-state index in [0.717, 1.165) is 12.8 Å². The summed E-state index contributed by atoms with van der Waals surface area (Å²) >= 11 is 0. The number of carbonyl (C=O) groups excluding carboxylic acids is 3. The lowest BCUT2D eigenvalue weighted by atomic mass is 10.1. The molecule has 0 saturated heterocycles. The van der Waals surface area contributed by atoms with Gasteiger partial charge in [0.05, 0.1) is 0 Å². The van der Waals surface area contributed by atoms with E-state index in [2.05, 4.69) is 10.3 Å². The van der Waals surface area contributed by atoms with Gasteiger partial charge in [-0.05, 0) is 39.7 Å². The lowest BCUT2D eigenvalue weighted by molar-refractivity contribution is -0.160. The van der Waals surface area contributed by atoms with E-state index in [1.165, 1.54) is 25.3 Å². The quantitative estimate of drug-likeness (QED) is 0.603. The molecule has 1 saturated carbocycles. The average molecular weight is 320 g/mol. The van der Waals surface area contributed by atoms with Crippen molar-refractivity contribution in [1.29, 1.82) is 0 Å². The van der Waals surface area contributed by atoms with Crippen LogP contribution in [0.25, 0.3) is 0 Å². The van der Waals surface area contributed by atoms with Gasteiger partial charge < -0.3 is 14.8 Å². The Morgan fingerprint density at radius 1 is 1.26 bits per heavy atom. The SMILES string of the molecule is CC(=O)C(C(=O)Oc1ccnc(NC(C)C)c1)C(=O)OC1CC1. The first-order valence-corrected chi connectivity index (χ1v) is 7.52. The summed E-state index contributed by atoms with van der Waals surface area (Å²) in [6.07, 6.45) is 2.82. The first-order chi connectivity index (χ1) is 10.9. The summed E-state index contributed by atoms with van der Waals surface area (Å²) in [5.74, 6) is -3.20. The first kappa shape index (κ1) is 16.9. The molecule has 2 rings (SSSR count). The Labute approximate surface area is 134 Å². The number of esters is 2. The number of nitrogens with one attached hydrogen (secondary N) is 1. The van der Waals surface area contributed by atoms with Gasteiger partial charge in [0.15, 0.2) is 5.78 Å². The van der Waals surface area contributed by atoms with Crippen LogP contribution in [0.5, 0.6) is 5.75 Å². The van der Waals surface area contributed by atoms with Crippen LogP contribution in [0.2, 0.25) is 0 Å². The molecule has 1 atom stereocenters. The van der Waals surface area contributed by atoms with E-state index in [-0.39, 0.29) is 17.9 Å². The van der Waals surface area contributed by atoms with Crippen molar-refractivity contribution in [2.45, 2.75) is 45.8 Å². The van der Waals surface area contributed by atoms with E-state index >= 15 is 0 Å². The third kappa shape index (κ3) is 5.05. The number of aromatic nitrogens is 1. The number of rotatable bonds is 7. The maximum Gasteiger partial charge on any atom is 0.333 e. The second kappa shape index (κ2) is 7.21. The van der Waals surface area contributed by atoms with Gasteiger partial charge in [-0.1, -0.05) is 0 Å². The van der Waals surface area contributed by atoms with Gasteiger partial charge in [-0.25, -0.2) is 4.98 Å². The second-order valence-corrected chi connectivity index (χ2v) is 5.78. The molecule has 1 aliphatic carbocycles. The molecule has 1 aliphatic rings. The molecule has 7 heteroatoms. The summed E-state index contributed by atoms with van der Waals surface area (Å²) in [6.45, 7) is 5.05. The Morgan fingerprint density at radius 2 is 1.96 bits per heavy atom. The minimum absolute atomic E-state index is 0.159. The Kier molecular flexibility index (Phi) is 5.31. The highest BCUT2D eigenvalue weighted by Crippen LogP contribution is 2.25. The molecular formula is C16H20N2O5.